The van der Waals surface area contributed by atoms with Gasteiger partial charge in [-0.25, -0.2) is 4.98 Å². The lowest BCUT2D eigenvalue weighted by Crippen LogP contribution is -2.01. The van der Waals surface area contributed by atoms with E-state index in [0.717, 1.165) is 46.6 Å². The molecule has 0 spiro atoms. The predicted molar refractivity (Wildman–Crippen MR) is 108 cm³/mol. The van der Waals surface area contributed by atoms with Crippen LogP contribution in [0.2, 0.25) is 0 Å². The number of methoxy groups -OCH3 is 1. The molecule has 0 aliphatic rings. The molecule has 0 N–H and O–H groups in total. The normalized spacial score (nSPS) is 10.8. The fourth-order valence-corrected chi connectivity index (χ4v) is 4.45. The molecule has 0 fully saturated rings. The highest BCUT2D eigenvalue weighted by molar-refractivity contribution is 7.98. The first kappa shape index (κ1) is 18.7. The van der Waals surface area contributed by atoms with E-state index in [1.165, 1.54) is 5.01 Å². The number of rotatable bonds is 9. The van der Waals surface area contributed by atoms with Crippen molar-refractivity contribution in [2.24, 2.45) is 0 Å². The van der Waals surface area contributed by atoms with E-state index in [9.17, 15) is 0 Å². The van der Waals surface area contributed by atoms with Crippen LogP contribution in [-0.2, 0) is 18.7 Å². The minimum absolute atomic E-state index is 0.640. The lowest BCUT2D eigenvalue weighted by Gasteiger charge is -2.10. The number of aromatic nitrogens is 4. The van der Waals surface area contributed by atoms with Crippen LogP contribution in [0, 0.1) is 0 Å². The number of thiazole rings is 1. The summed E-state index contributed by atoms with van der Waals surface area (Å²) in [6, 6.07) is 7.85. The third-order valence-corrected chi connectivity index (χ3v) is 5.75. The van der Waals surface area contributed by atoms with Gasteiger partial charge in [-0.3, -0.25) is 4.57 Å². The summed E-state index contributed by atoms with van der Waals surface area (Å²) in [5, 5.41) is 13.0. The Balaban J connectivity index is 1.83. The van der Waals surface area contributed by atoms with Crippen molar-refractivity contribution in [3.05, 3.63) is 53.0 Å². The molecule has 0 saturated heterocycles. The summed E-state index contributed by atoms with van der Waals surface area (Å²) >= 11 is 3.38. The maximum atomic E-state index is 5.47. The molecular weight excluding hydrogens is 364 g/mol. The highest BCUT2D eigenvalue weighted by Gasteiger charge is 2.17. The van der Waals surface area contributed by atoms with Gasteiger partial charge in [0, 0.05) is 17.7 Å². The second-order valence-corrected chi connectivity index (χ2v) is 7.56. The Hall–Kier alpha value is -2.12. The summed E-state index contributed by atoms with van der Waals surface area (Å²) in [4.78, 5) is 4.68. The zero-order chi connectivity index (χ0) is 18.4. The van der Waals surface area contributed by atoms with E-state index in [0.29, 0.717) is 6.54 Å². The molecule has 2 aromatic heterocycles. The summed E-state index contributed by atoms with van der Waals surface area (Å²) in [7, 11) is 1.67. The van der Waals surface area contributed by atoms with Gasteiger partial charge in [-0.2, -0.15) is 0 Å². The van der Waals surface area contributed by atoms with Crippen LogP contribution in [0.3, 0.4) is 0 Å². The van der Waals surface area contributed by atoms with E-state index in [4.69, 9.17) is 4.74 Å². The molecule has 7 heteroatoms. The Labute approximate surface area is 162 Å². The summed E-state index contributed by atoms with van der Waals surface area (Å²) < 4.78 is 7.54. The molecule has 0 atom stereocenters. The molecule has 1 aromatic carbocycles. The highest BCUT2D eigenvalue weighted by atomic mass is 32.2. The van der Waals surface area contributed by atoms with Crippen LogP contribution in [-0.4, -0.2) is 26.9 Å². The van der Waals surface area contributed by atoms with E-state index >= 15 is 0 Å². The lowest BCUT2D eigenvalue weighted by atomic mass is 10.2. The van der Waals surface area contributed by atoms with Gasteiger partial charge >= 0.3 is 0 Å². The fourth-order valence-electron chi connectivity index (χ4n) is 2.60. The number of allylic oxidation sites excluding steroid dienone is 1. The van der Waals surface area contributed by atoms with Crippen molar-refractivity contribution in [1.29, 1.82) is 0 Å². The van der Waals surface area contributed by atoms with Crippen LogP contribution in [0.4, 0.5) is 0 Å². The van der Waals surface area contributed by atoms with Gasteiger partial charge in [0.1, 0.15) is 5.75 Å². The number of nitrogens with zero attached hydrogens (tertiary/aromatic N) is 4. The van der Waals surface area contributed by atoms with E-state index in [-0.39, 0.29) is 0 Å². The number of ether oxygens (including phenoxy) is 1. The van der Waals surface area contributed by atoms with Gasteiger partial charge in [0.05, 0.1) is 23.4 Å². The molecule has 0 aliphatic carbocycles. The first-order valence-electron chi connectivity index (χ1n) is 8.50. The predicted octanol–water partition coefficient (Wildman–Crippen LogP) is 4.84. The Morgan fingerprint density at radius 1 is 1.31 bits per heavy atom. The Morgan fingerprint density at radius 2 is 2.15 bits per heavy atom. The van der Waals surface area contributed by atoms with E-state index in [2.05, 4.69) is 38.6 Å². The highest BCUT2D eigenvalue weighted by Crippen LogP contribution is 2.31. The second kappa shape index (κ2) is 9.00. The van der Waals surface area contributed by atoms with Crippen molar-refractivity contribution in [3.8, 4) is 17.1 Å². The molecule has 0 bridgehead atoms. The molecule has 136 valence electrons. The van der Waals surface area contributed by atoms with Gasteiger partial charge in [0.2, 0.25) is 0 Å². The molecule has 0 unspecified atom stereocenters. The van der Waals surface area contributed by atoms with Crippen LogP contribution in [0.1, 0.15) is 24.0 Å². The Morgan fingerprint density at radius 3 is 2.92 bits per heavy atom. The van der Waals surface area contributed by atoms with Crippen LogP contribution in [0.5, 0.6) is 5.75 Å². The topological polar surface area (TPSA) is 52.8 Å². The van der Waals surface area contributed by atoms with Crippen LogP contribution < -0.4 is 4.74 Å². The molecule has 5 nitrogen and oxygen atoms in total. The Bertz CT molecular complexity index is 872. The number of hydrogen-bond acceptors (Lipinski definition) is 6. The third-order valence-electron chi connectivity index (χ3n) is 3.79. The summed E-state index contributed by atoms with van der Waals surface area (Å²) in [6.07, 6.45) is 4.02. The summed E-state index contributed by atoms with van der Waals surface area (Å²) in [5.41, 5.74) is 2.02. The smallest absolute Gasteiger partial charge is 0.192 e. The fraction of sp³-hybridized carbons (Fsp3) is 0.316. The zero-order valence-corrected chi connectivity index (χ0v) is 16.6. The second-order valence-electron chi connectivity index (χ2n) is 5.68. The third kappa shape index (κ3) is 4.16. The van der Waals surface area contributed by atoms with Crippen molar-refractivity contribution in [3.63, 3.8) is 0 Å². The number of benzene rings is 1. The molecule has 0 radical (unpaired) electrons. The van der Waals surface area contributed by atoms with E-state index in [1.54, 1.807) is 30.2 Å². The Kier molecular flexibility index (Phi) is 6.46. The van der Waals surface area contributed by atoms with E-state index in [1.807, 2.05) is 30.3 Å². The van der Waals surface area contributed by atoms with Crippen LogP contribution >= 0.6 is 23.1 Å². The minimum atomic E-state index is 0.640. The van der Waals surface area contributed by atoms with Gasteiger partial charge in [0.25, 0.3) is 0 Å². The molecule has 3 rings (SSSR count). The zero-order valence-electron chi connectivity index (χ0n) is 15.0. The SMILES string of the molecule is C=CCn1c(SCc2csc(CCC)n2)nnc1-c1ccccc1OC. The standard InChI is InChI=1S/C19H22N4OS2/c1-4-8-17-20-14(12-25-17)13-26-19-22-21-18(23(19)11-5-2)15-9-6-7-10-16(15)24-3/h5-7,9-10,12H,2,4,8,11,13H2,1,3H3. The summed E-state index contributed by atoms with van der Waals surface area (Å²) in [6.45, 7) is 6.68. The summed E-state index contributed by atoms with van der Waals surface area (Å²) in [5.74, 6) is 2.35. The number of aryl methyl sites for hydroxylation is 1. The maximum Gasteiger partial charge on any atom is 0.192 e. The van der Waals surface area contributed by atoms with Gasteiger partial charge in [-0.1, -0.05) is 36.9 Å². The lowest BCUT2D eigenvalue weighted by molar-refractivity contribution is 0.416. The average molecular weight is 387 g/mol. The molecule has 2 heterocycles. The van der Waals surface area contributed by atoms with Crippen molar-refractivity contribution < 1.29 is 4.74 Å². The molecular formula is C19H22N4OS2. The van der Waals surface area contributed by atoms with E-state index < -0.39 is 0 Å². The molecule has 0 aliphatic heterocycles. The molecule has 0 amide bonds. The van der Waals surface area contributed by atoms with Crippen LogP contribution in [0.15, 0.2) is 47.5 Å². The monoisotopic (exact) mass is 386 g/mol. The van der Waals surface area contributed by atoms with Gasteiger partial charge < -0.3 is 4.74 Å². The quantitative estimate of drug-likeness (QED) is 0.389. The first-order valence-corrected chi connectivity index (χ1v) is 10.4. The van der Waals surface area contributed by atoms with Crippen molar-refractivity contribution >= 4 is 23.1 Å². The maximum absolute atomic E-state index is 5.47. The average Bonchev–Trinajstić information content (AvgIpc) is 3.27. The van der Waals surface area contributed by atoms with Crippen molar-refractivity contribution in [1.82, 2.24) is 19.7 Å². The largest absolute Gasteiger partial charge is 0.496 e. The van der Waals surface area contributed by atoms with Crippen molar-refractivity contribution in [2.45, 2.75) is 37.2 Å². The van der Waals surface area contributed by atoms with Crippen molar-refractivity contribution in [2.75, 3.05) is 7.11 Å². The molecule has 26 heavy (non-hydrogen) atoms. The molecule has 0 saturated carbocycles. The number of para-hydroxylation sites is 1. The first-order chi connectivity index (χ1) is 12.8. The van der Waals surface area contributed by atoms with Gasteiger partial charge in [-0.15, -0.1) is 28.1 Å². The minimum Gasteiger partial charge on any atom is -0.496 e. The molecule has 3 aromatic rings. The number of thioether (sulfide) groups is 1. The van der Waals surface area contributed by atoms with Crippen LogP contribution in [0.25, 0.3) is 11.4 Å². The van der Waals surface area contributed by atoms with Gasteiger partial charge in [0.15, 0.2) is 11.0 Å². The van der Waals surface area contributed by atoms with Gasteiger partial charge in [-0.05, 0) is 25.0 Å². The number of hydrogen-bond donors (Lipinski definition) is 0.